The van der Waals surface area contributed by atoms with E-state index in [1.54, 1.807) is 18.2 Å². The Labute approximate surface area is 232 Å². The summed E-state index contributed by atoms with van der Waals surface area (Å²) in [4.78, 5) is 27.0. The zero-order valence-corrected chi connectivity index (χ0v) is 22.6. The first kappa shape index (κ1) is 30.0. The van der Waals surface area contributed by atoms with Crippen LogP contribution in [-0.4, -0.2) is 30.0 Å². The number of thioether (sulfide) groups is 1. The zero-order chi connectivity index (χ0) is 29.5. The molecule has 0 aliphatic heterocycles. The van der Waals surface area contributed by atoms with E-state index < -0.39 is 23.4 Å². The average Bonchev–Trinajstić information content (AvgIpc) is 2.87. The molecule has 2 aromatic carbocycles. The Balaban J connectivity index is 1.87. The normalized spacial score (nSPS) is 13.1. The smallest absolute Gasteiger partial charge is 0.308 e. The van der Waals surface area contributed by atoms with Crippen molar-refractivity contribution >= 4 is 41.0 Å². The highest BCUT2D eigenvalue weighted by Crippen LogP contribution is 2.37. The molecular weight excluding hydrogens is 543 g/mol. The fraction of sp³-hybridized carbons (Fsp3) is 0.222. The molecule has 0 atom stereocenters. The molecule has 0 bridgehead atoms. The lowest BCUT2D eigenvalue weighted by atomic mass is 9.87. The molecule has 208 valence electrons. The van der Waals surface area contributed by atoms with Gasteiger partial charge in [0, 0.05) is 21.8 Å². The predicted molar refractivity (Wildman–Crippen MR) is 148 cm³/mol. The van der Waals surface area contributed by atoms with E-state index in [2.05, 4.69) is 53.2 Å². The van der Waals surface area contributed by atoms with Gasteiger partial charge in [-0.1, -0.05) is 54.7 Å². The van der Waals surface area contributed by atoms with Crippen molar-refractivity contribution in [2.45, 2.75) is 36.6 Å². The number of guanidine groups is 1. The summed E-state index contributed by atoms with van der Waals surface area (Å²) < 4.78 is 37.9. The van der Waals surface area contributed by atoms with Crippen molar-refractivity contribution in [1.82, 2.24) is 5.32 Å². The lowest BCUT2D eigenvalue weighted by Crippen LogP contribution is -2.36. The van der Waals surface area contributed by atoms with Crippen LogP contribution in [0.5, 0.6) is 0 Å². The Morgan fingerprint density at radius 3 is 2.20 bits per heavy atom. The molecule has 2 aromatic rings. The van der Waals surface area contributed by atoms with Gasteiger partial charge in [0.25, 0.3) is 5.91 Å². The van der Waals surface area contributed by atoms with E-state index in [9.17, 15) is 22.8 Å². The van der Waals surface area contributed by atoms with Crippen molar-refractivity contribution in [2.75, 3.05) is 16.8 Å². The van der Waals surface area contributed by atoms with Crippen molar-refractivity contribution in [3.05, 3.63) is 88.9 Å². The van der Waals surface area contributed by atoms with E-state index in [-0.39, 0.29) is 34.2 Å². The summed E-state index contributed by atoms with van der Waals surface area (Å²) in [6, 6.07) is 12.2. The molecule has 0 aromatic heterocycles. The SMILES string of the molecule is CC(C)(C)c1ccc(N(CC2=C=C=C(C(=O)NC(=N)N=NN)C=C2)C(=O)Nc2ccc(SC(F)(F)F)cc2)cc1. The number of hydrogen-bond donors (Lipinski definition) is 4. The minimum Gasteiger partial charge on any atom is -0.308 e. The molecule has 1 aliphatic carbocycles. The van der Waals surface area contributed by atoms with Gasteiger partial charge in [-0.05, 0) is 71.3 Å². The molecule has 1 aliphatic rings. The zero-order valence-electron chi connectivity index (χ0n) is 21.8. The number of anilines is 2. The second-order valence-corrected chi connectivity index (χ2v) is 10.6. The molecule has 0 saturated heterocycles. The minimum atomic E-state index is -4.41. The second-order valence-electron chi connectivity index (χ2n) is 9.43. The third-order valence-electron chi connectivity index (χ3n) is 5.40. The first-order valence-electron chi connectivity index (χ1n) is 11.7. The van der Waals surface area contributed by atoms with Gasteiger partial charge in [0.05, 0.1) is 12.1 Å². The van der Waals surface area contributed by atoms with E-state index in [1.807, 2.05) is 12.1 Å². The van der Waals surface area contributed by atoms with E-state index in [0.717, 1.165) is 5.56 Å². The van der Waals surface area contributed by atoms with Crippen LogP contribution in [0.2, 0.25) is 0 Å². The molecule has 13 heteroatoms. The molecule has 3 rings (SSSR count). The lowest BCUT2D eigenvalue weighted by molar-refractivity contribution is -0.115. The van der Waals surface area contributed by atoms with Crippen LogP contribution in [0.1, 0.15) is 26.3 Å². The fourth-order valence-corrected chi connectivity index (χ4v) is 3.96. The Hall–Kier alpha value is -4.57. The third kappa shape index (κ3) is 8.74. The highest BCUT2D eigenvalue weighted by atomic mass is 32.2. The number of amides is 3. The standard InChI is InChI=1S/C27H26F3N7O2S/c1-26(2,3)19-8-12-21(13-9-19)37(25(39)33-20-10-14-22(15-11-20)40-27(28,29)30)16-17-4-6-18(7-5-17)23(38)34-24(31)35-36-32/h4,6,8-15H,16H2,1-3H3,(H,33,39)(H4,31,32,34,35,38). The summed E-state index contributed by atoms with van der Waals surface area (Å²) in [6.07, 6.45) is 3.02. The maximum Gasteiger partial charge on any atom is 0.446 e. The first-order chi connectivity index (χ1) is 18.7. The van der Waals surface area contributed by atoms with Gasteiger partial charge < -0.3 is 11.2 Å². The van der Waals surface area contributed by atoms with Gasteiger partial charge in [0.15, 0.2) is 0 Å². The Bertz CT molecular complexity index is 1440. The molecule has 0 unspecified atom stereocenters. The van der Waals surface area contributed by atoms with Crippen molar-refractivity contribution in [2.24, 2.45) is 16.2 Å². The van der Waals surface area contributed by atoms with Crippen LogP contribution in [0.15, 0.2) is 98.5 Å². The maximum absolute atomic E-state index is 13.4. The number of nitrogens with zero attached hydrogens (tertiary/aromatic N) is 3. The third-order valence-corrected chi connectivity index (χ3v) is 6.14. The number of carbonyl (C=O) groups is 2. The number of benzene rings is 2. The van der Waals surface area contributed by atoms with Crippen LogP contribution >= 0.6 is 11.8 Å². The Morgan fingerprint density at radius 1 is 1.02 bits per heavy atom. The van der Waals surface area contributed by atoms with Crippen molar-refractivity contribution in [3.63, 3.8) is 0 Å². The largest absolute Gasteiger partial charge is 0.446 e. The summed E-state index contributed by atoms with van der Waals surface area (Å²) in [5.74, 6) is 3.65. The first-order valence-corrected chi connectivity index (χ1v) is 12.6. The number of urea groups is 1. The lowest BCUT2D eigenvalue weighted by Gasteiger charge is -2.25. The summed E-state index contributed by atoms with van der Waals surface area (Å²) in [7, 11) is 0. The minimum absolute atomic E-state index is 0.00406. The van der Waals surface area contributed by atoms with Crippen LogP contribution in [0.3, 0.4) is 0 Å². The van der Waals surface area contributed by atoms with Crippen LogP contribution < -0.4 is 21.4 Å². The van der Waals surface area contributed by atoms with E-state index in [4.69, 9.17) is 11.3 Å². The van der Waals surface area contributed by atoms with Crippen molar-refractivity contribution < 1.29 is 22.8 Å². The summed E-state index contributed by atoms with van der Waals surface area (Å²) in [5.41, 5.74) is 3.53. The highest BCUT2D eigenvalue weighted by Gasteiger charge is 2.29. The molecule has 3 amide bonds. The van der Waals surface area contributed by atoms with Crippen molar-refractivity contribution in [3.8, 4) is 0 Å². The second kappa shape index (κ2) is 12.5. The fourth-order valence-electron chi connectivity index (χ4n) is 3.42. The van der Waals surface area contributed by atoms with Crippen LogP contribution in [0, 0.1) is 5.41 Å². The van der Waals surface area contributed by atoms with Gasteiger partial charge in [0.1, 0.15) is 0 Å². The van der Waals surface area contributed by atoms with Gasteiger partial charge in [0.2, 0.25) is 5.96 Å². The number of carbonyl (C=O) groups excluding carboxylic acids is 2. The quantitative estimate of drug-likeness (QED) is 0.0627. The van der Waals surface area contributed by atoms with Gasteiger partial charge in [-0.2, -0.15) is 13.2 Å². The average molecular weight is 570 g/mol. The Morgan fingerprint density at radius 2 is 1.68 bits per heavy atom. The van der Waals surface area contributed by atoms with E-state index in [1.165, 1.54) is 35.2 Å². The molecule has 5 N–H and O–H groups in total. The summed E-state index contributed by atoms with van der Waals surface area (Å²) in [5, 5.41) is 18.5. The van der Waals surface area contributed by atoms with Gasteiger partial charge in [-0.15, -0.1) is 0 Å². The molecule has 40 heavy (non-hydrogen) atoms. The van der Waals surface area contributed by atoms with Crippen LogP contribution in [0.25, 0.3) is 0 Å². The van der Waals surface area contributed by atoms with Gasteiger partial charge in [-0.25, -0.2) is 4.79 Å². The molecular formula is C27H26F3N7O2S. The molecule has 0 heterocycles. The Kier molecular flexibility index (Phi) is 9.39. The van der Waals surface area contributed by atoms with Gasteiger partial charge >= 0.3 is 11.5 Å². The van der Waals surface area contributed by atoms with Gasteiger partial charge in [-0.3, -0.25) is 20.4 Å². The topological polar surface area (TPSA) is 136 Å². The number of nitrogens with one attached hydrogen (secondary N) is 3. The van der Waals surface area contributed by atoms with Crippen LogP contribution in [-0.2, 0) is 10.2 Å². The number of halogens is 3. The molecule has 0 saturated carbocycles. The van der Waals surface area contributed by atoms with E-state index in [0.29, 0.717) is 16.9 Å². The van der Waals surface area contributed by atoms with E-state index >= 15 is 0 Å². The number of rotatable bonds is 6. The maximum atomic E-state index is 13.4. The molecule has 9 nitrogen and oxygen atoms in total. The molecule has 0 spiro atoms. The predicted octanol–water partition coefficient (Wildman–Crippen LogP) is 6.19. The number of alkyl halides is 3. The molecule has 0 radical (unpaired) electrons. The highest BCUT2D eigenvalue weighted by molar-refractivity contribution is 8.00. The number of hydrogen-bond acceptors (Lipinski definition) is 5. The van der Waals surface area contributed by atoms with Crippen LogP contribution in [0.4, 0.5) is 29.3 Å². The molecule has 0 fully saturated rings. The monoisotopic (exact) mass is 569 g/mol. The number of nitrogens with two attached hydrogens (primary N) is 1. The van der Waals surface area contributed by atoms with Crippen molar-refractivity contribution in [1.29, 1.82) is 5.41 Å². The summed E-state index contributed by atoms with van der Waals surface area (Å²) in [6.45, 7) is 6.24. The summed E-state index contributed by atoms with van der Waals surface area (Å²) >= 11 is -0.241.